The molecule has 0 aliphatic carbocycles. The first kappa shape index (κ1) is 11.6. The van der Waals surface area contributed by atoms with Crippen LogP contribution in [0.3, 0.4) is 0 Å². The van der Waals surface area contributed by atoms with Gasteiger partial charge in [-0.25, -0.2) is 4.79 Å². The van der Waals surface area contributed by atoms with Crippen molar-refractivity contribution in [2.75, 3.05) is 0 Å². The van der Waals surface area contributed by atoms with E-state index in [0.29, 0.717) is 0 Å². The molecule has 0 fully saturated rings. The third kappa shape index (κ3) is 3.67. The second-order valence-corrected chi connectivity index (χ2v) is 4.41. The first-order chi connectivity index (χ1) is 6.78. The van der Waals surface area contributed by atoms with Crippen LogP contribution < -0.4 is 5.56 Å². The number of carbonyl (C=O) groups is 1. The first-order valence-corrected chi connectivity index (χ1v) is 4.76. The molecule has 2 N–H and O–H groups in total. The van der Waals surface area contributed by atoms with Gasteiger partial charge >= 0.3 is 5.97 Å². The Kier molecular flexibility index (Phi) is 3.09. The van der Waals surface area contributed by atoms with Gasteiger partial charge in [-0.3, -0.25) is 9.78 Å². The van der Waals surface area contributed by atoms with Crippen LogP contribution in [0.15, 0.2) is 10.9 Å². The van der Waals surface area contributed by atoms with Gasteiger partial charge in [0.1, 0.15) is 11.3 Å². The zero-order chi connectivity index (χ0) is 11.6. The van der Waals surface area contributed by atoms with Crippen molar-refractivity contribution < 1.29 is 9.53 Å². The molecular formula is C9H12N2O3S. The number of aromatic amines is 2. The summed E-state index contributed by atoms with van der Waals surface area (Å²) < 4.78 is 5.16. The molecule has 0 aliphatic heterocycles. The second-order valence-electron chi connectivity index (χ2n) is 4.00. The van der Waals surface area contributed by atoms with Crippen molar-refractivity contribution in [2.24, 2.45) is 0 Å². The Balaban J connectivity index is 3.02. The minimum absolute atomic E-state index is 0.0543. The molecule has 0 unspecified atom stereocenters. The van der Waals surface area contributed by atoms with Gasteiger partial charge in [-0.05, 0) is 33.0 Å². The van der Waals surface area contributed by atoms with Crippen LogP contribution in [0.1, 0.15) is 31.3 Å². The predicted octanol–water partition coefficient (Wildman–Crippen LogP) is 1.39. The zero-order valence-electron chi connectivity index (χ0n) is 8.71. The molecule has 15 heavy (non-hydrogen) atoms. The van der Waals surface area contributed by atoms with Gasteiger partial charge in [0.15, 0.2) is 4.77 Å². The van der Waals surface area contributed by atoms with Crippen molar-refractivity contribution in [1.29, 1.82) is 0 Å². The Hall–Kier alpha value is -1.43. The summed E-state index contributed by atoms with van der Waals surface area (Å²) in [5.41, 5.74) is -0.979. The van der Waals surface area contributed by atoms with E-state index >= 15 is 0 Å². The number of carbonyl (C=O) groups excluding carboxylic acids is 1. The monoisotopic (exact) mass is 228 g/mol. The fraction of sp³-hybridized carbons (Fsp3) is 0.444. The van der Waals surface area contributed by atoms with Gasteiger partial charge in [0.2, 0.25) is 0 Å². The van der Waals surface area contributed by atoms with Gasteiger partial charge in [-0.1, -0.05) is 0 Å². The number of nitrogens with one attached hydrogen (secondary N) is 2. The highest BCUT2D eigenvalue weighted by molar-refractivity contribution is 7.71. The van der Waals surface area contributed by atoms with Crippen molar-refractivity contribution in [3.05, 3.63) is 26.9 Å². The maximum atomic E-state index is 11.5. The summed E-state index contributed by atoms with van der Waals surface area (Å²) in [5.74, 6) is -0.597. The summed E-state index contributed by atoms with van der Waals surface area (Å²) in [7, 11) is 0. The van der Waals surface area contributed by atoms with Crippen molar-refractivity contribution in [2.45, 2.75) is 26.4 Å². The van der Waals surface area contributed by atoms with Crippen LogP contribution in [0.5, 0.6) is 0 Å². The minimum atomic E-state index is -0.602. The van der Waals surface area contributed by atoms with Crippen LogP contribution in [0.4, 0.5) is 0 Å². The highest BCUT2D eigenvalue weighted by Gasteiger charge is 2.18. The normalized spacial score (nSPS) is 11.1. The van der Waals surface area contributed by atoms with Crippen molar-refractivity contribution in [1.82, 2.24) is 9.97 Å². The number of rotatable bonds is 1. The zero-order valence-corrected chi connectivity index (χ0v) is 9.53. The summed E-state index contributed by atoms with van der Waals surface area (Å²) in [6, 6.07) is 1.11. The van der Waals surface area contributed by atoms with E-state index in [1.165, 1.54) is 0 Å². The maximum Gasteiger partial charge on any atom is 0.355 e. The lowest BCUT2D eigenvalue weighted by molar-refractivity contribution is 0.00623. The lowest BCUT2D eigenvalue weighted by atomic mass is 10.2. The summed E-state index contributed by atoms with van der Waals surface area (Å²) in [6.07, 6.45) is 0. The van der Waals surface area contributed by atoms with E-state index in [1.807, 2.05) is 0 Å². The molecule has 1 rings (SSSR count). The topological polar surface area (TPSA) is 75.0 Å². The molecule has 0 atom stereocenters. The van der Waals surface area contributed by atoms with Crippen LogP contribution in [0, 0.1) is 4.77 Å². The van der Waals surface area contributed by atoms with E-state index in [-0.39, 0.29) is 10.5 Å². The molecule has 0 bridgehead atoms. The quantitative estimate of drug-likeness (QED) is 0.562. The van der Waals surface area contributed by atoms with Crippen LogP contribution in [0.25, 0.3) is 0 Å². The van der Waals surface area contributed by atoms with E-state index in [9.17, 15) is 9.59 Å². The van der Waals surface area contributed by atoms with Crippen LogP contribution in [0.2, 0.25) is 0 Å². The average molecular weight is 228 g/mol. The Morgan fingerprint density at radius 2 is 2.00 bits per heavy atom. The molecule has 0 amide bonds. The average Bonchev–Trinajstić information content (AvgIpc) is 1.98. The highest BCUT2D eigenvalue weighted by atomic mass is 32.1. The lowest BCUT2D eigenvalue weighted by Crippen LogP contribution is -2.25. The van der Waals surface area contributed by atoms with Crippen LogP contribution >= 0.6 is 12.2 Å². The minimum Gasteiger partial charge on any atom is -0.455 e. The maximum absolute atomic E-state index is 11.5. The fourth-order valence-electron chi connectivity index (χ4n) is 0.912. The van der Waals surface area contributed by atoms with Gasteiger partial charge < -0.3 is 9.72 Å². The van der Waals surface area contributed by atoms with E-state index in [2.05, 4.69) is 9.97 Å². The van der Waals surface area contributed by atoms with E-state index in [0.717, 1.165) is 6.07 Å². The van der Waals surface area contributed by atoms with Crippen molar-refractivity contribution in [3.8, 4) is 0 Å². The van der Waals surface area contributed by atoms with Gasteiger partial charge in [-0.2, -0.15) is 0 Å². The molecular weight excluding hydrogens is 216 g/mol. The van der Waals surface area contributed by atoms with Gasteiger partial charge in [0.05, 0.1) is 0 Å². The summed E-state index contributed by atoms with van der Waals surface area (Å²) in [4.78, 5) is 27.4. The summed E-state index contributed by atoms with van der Waals surface area (Å²) >= 11 is 4.73. The Morgan fingerprint density at radius 1 is 1.40 bits per heavy atom. The third-order valence-electron chi connectivity index (χ3n) is 1.38. The molecule has 1 heterocycles. The molecule has 82 valence electrons. The number of H-pyrrole nitrogens is 2. The summed E-state index contributed by atoms with van der Waals surface area (Å²) in [6.45, 7) is 5.23. The smallest absolute Gasteiger partial charge is 0.355 e. The van der Waals surface area contributed by atoms with Gasteiger partial charge in [0.25, 0.3) is 5.56 Å². The third-order valence-corrected chi connectivity index (χ3v) is 1.58. The number of hydrogen-bond acceptors (Lipinski definition) is 4. The van der Waals surface area contributed by atoms with Gasteiger partial charge in [-0.15, -0.1) is 0 Å². The van der Waals surface area contributed by atoms with Crippen LogP contribution in [-0.2, 0) is 4.74 Å². The predicted molar refractivity (Wildman–Crippen MR) is 57.4 cm³/mol. The standard InChI is InChI=1S/C9H12N2O3S/c1-9(2,3)14-7(13)5-4-6(12)11-8(15)10-5/h4H,1-3H3,(H2,10,11,12,15). The van der Waals surface area contributed by atoms with E-state index in [4.69, 9.17) is 17.0 Å². The van der Waals surface area contributed by atoms with E-state index in [1.54, 1.807) is 20.8 Å². The Bertz CT molecular complexity index is 453. The first-order valence-electron chi connectivity index (χ1n) is 4.35. The number of aromatic nitrogens is 2. The molecule has 6 heteroatoms. The SMILES string of the molecule is CC(C)(C)OC(=O)c1cc(=O)[nH]c(=S)[nH]1. The van der Waals surface area contributed by atoms with Crippen molar-refractivity contribution >= 4 is 18.2 Å². The fourth-order valence-corrected chi connectivity index (χ4v) is 1.12. The molecule has 0 saturated heterocycles. The Labute approximate surface area is 91.5 Å². The highest BCUT2D eigenvalue weighted by Crippen LogP contribution is 2.09. The molecule has 1 aromatic rings. The number of hydrogen-bond donors (Lipinski definition) is 2. The summed E-state index contributed by atoms with van der Waals surface area (Å²) in [5, 5.41) is 0. The molecule has 1 aromatic heterocycles. The molecule has 5 nitrogen and oxygen atoms in total. The van der Waals surface area contributed by atoms with Crippen LogP contribution in [-0.4, -0.2) is 21.5 Å². The molecule has 0 saturated carbocycles. The van der Waals surface area contributed by atoms with E-state index < -0.39 is 17.1 Å². The Morgan fingerprint density at radius 3 is 2.47 bits per heavy atom. The molecule has 0 aromatic carbocycles. The van der Waals surface area contributed by atoms with Gasteiger partial charge in [0, 0.05) is 6.07 Å². The molecule has 0 spiro atoms. The number of ether oxygens (including phenoxy) is 1. The lowest BCUT2D eigenvalue weighted by Gasteiger charge is -2.19. The second kappa shape index (κ2) is 3.98. The largest absolute Gasteiger partial charge is 0.455 e. The molecule has 0 aliphatic rings. The van der Waals surface area contributed by atoms with Crippen molar-refractivity contribution in [3.63, 3.8) is 0 Å². The number of esters is 1. The molecule has 0 radical (unpaired) electrons.